The highest BCUT2D eigenvalue weighted by Gasteiger charge is 2.25. The van der Waals surface area contributed by atoms with E-state index in [0.29, 0.717) is 0 Å². The summed E-state index contributed by atoms with van der Waals surface area (Å²) >= 11 is 0. The van der Waals surface area contributed by atoms with Crippen molar-refractivity contribution in [1.29, 1.82) is 0 Å². The van der Waals surface area contributed by atoms with Crippen LogP contribution in [0.1, 0.15) is 13.8 Å². The lowest BCUT2D eigenvalue weighted by atomic mass is 10.1. The van der Waals surface area contributed by atoms with Gasteiger partial charge >= 0.3 is 0 Å². The predicted octanol–water partition coefficient (Wildman–Crippen LogP) is 0.479. The topological polar surface area (TPSA) is 41.5 Å². The van der Waals surface area contributed by atoms with E-state index in [1.54, 1.807) is 32.3 Å². The number of hydrogen-bond acceptors (Lipinski definition) is 2. The SMILES string of the molecule is CC1(C)N=CC=CNC1=O. The van der Waals surface area contributed by atoms with Gasteiger partial charge in [0.25, 0.3) is 5.91 Å². The van der Waals surface area contributed by atoms with Crippen LogP contribution in [0, 0.1) is 0 Å². The fraction of sp³-hybridized carbons (Fsp3) is 0.429. The van der Waals surface area contributed by atoms with Crippen molar-refractivity contribution in [3.8, 4) is 0 Å². The van der Waals surface area contributed by atoms with Crippen LogP contribution in [-0.4, -0.2) is 17.7 Å². The van der Waals surface area contributed by atoms with Gasteiger partial charge in [-0.2, -0.15) is 0 Å². The number of carbonyl (C=O) groups is 1. The number of amides is 1. The number of carbonyl (C=O) groups excluding carboxylic acids is 1. The Labute approximate surface area is 59.8 Å². The molecule has 3 heteroatoms. The molecule has 0 bridgehead atoms. The summed E-state index contributed by atoms with van der Waals surface area (Å²) in [6, 6.07) is 0. The third-order valence-corrected chi connectivity index (χ3v) is 1.35. The molecule has 1 aliphatic heterocycles. The van der Waals surface area contributed by atoms with Crippen LogP contribution >= 0.6 is 0 Å². The first-order chi connectivity index (χ1) is 4.63. The first-order valence-corrected chi connectivity index (χ1v) is 3.14. The summed E-state index contributed by atoms with van der Waals surface area (Å²) in [5, 5.41) is 2.59. The van der Waals surface area contributed by atoms with Crippen LogP contribution in [0.2, 0.25) is 0 Å². The molecule has 0 spiro atoms. The molecular weight excluding hydrogens is 128 g/mol. The Hall–Kier alpha value is -1.12. The summed E-state index contributed by atoms with van der Waals surface area (Å²) in [5.41, 5.74) is -0.622. The highest BCUT2D eigenvalue weighted by atomic mass is 16.2. The molecule has 54 valence electrons. The van der Waals surface area contributed by atoms with Crippen molar-refractivity contribution in [3.05, 3.63) is 12.3 Å². The van der Waals surface area contributed by atoms with Gasteiger partial charge in [-0.15, -0.1) is 0 Å². The van der Waals surface area contributed by atoms with Crippen LogP contribution in [0.25, 0.3) is 0 Å². The van der Waals surface area contributed by atoms with Crippen molar-refractivity contribution < 1.29 is 4.79 Å². The molecule has 0 saturated heterocycles. The molecule has 1 aliphatic rings. The van der Waals surface area contributed by atoms with E-state index in [4.69, 9.17) is 0 Å². The number of hydrogen-bond donors (Lipinski definition) is 1. The molecule has 10 heavy (non-hydrogen) atoms. The summed E-state index contributed by atoms with van der Waals surface area (Å²) in [7, 11) is 0. The predicted molar refractivity (Wildman–Crippen MR) is 39.9 cm³/mol. The third-order valence-electron chi connectivity index (χ3n) is 1.35. The zero-order valence-corrected chi connectivity index (χ0v) is 6.09. The number of nitrogens with one attached hydrogen (secondary N) is 1. The van der Waals surface area contributed by atoms with E-state index in [-0.39, 0.29) is 5.91 Å². The van der Waals surface area contributed by atoms with E-state index in [9.17, 15) is 4.79 Å². The Morgan fingerprint density at radius 1 is 1.60 bits per heavy atom. The van der Waals surface area contributed by atoms with E-state index in [1.807, 2.05) is 0 Å². The average molecular weight is 138 g/mol. The molecule has 0 aromatic carbocycles. The fourth-order valence-corrected chi connectivity index (χ4v) is 0.631. The van der Waals surface area contributed by atoms with Gasteiger partial charge in [-0.3, -0.25) is 9.79 Å². The molecule has 1 amide bonds. The van der Waals surface area contributed by atoms with Crippen molar-refractivity contribution in [3.63, 3.8) is 0 Å². The van der Waals surface area contributed by atoms with Crippen molar-refractivity contribution in [2.75, 3.05) is 0 Å². The van der Waals surface area contributed by atoms with Crippen molar-refractivity contribution in [1.82, 2.24) is 5.32 Å². The highest BCUT2D eigenvalue weighted by molar-refractivity contribution is 5.90. The Morgan fingerprint density at radius 3 is 3.00 bits per heavy atom. The molecule has 0 aliphatic carbocycles. The maximum absolute atomic E-state index is 11.1. The molecule has 0 fully saturated rings. The van der Waals surface area contributed by atoms with Gasteiger partial charge in [0.2, 0.25) is 0 Å². The van der Waals surface area contributed by atoms with E-state index in [1.165, 1.54) is 0 Å². The highest BCUT2D eigenvalue weighted by Crippen LogP contribution is 2.08. The normalized spacial score (nSPS) is 22.0. The summed E-state index contributed by atoms with van der Waals surface area (Å²) in [6.07, 6.45) is 4.91. The van der Waals surface area contributed by atoms with Gasteiger partial charge in [-0.25, -0.2) is 0 Å². The van der Waals surface area contributed by atoms with Gasteiger partial charge in [0, 0.05) is 12.4 Å². The number of aliphatic imine (C=N–C) groups is 1. The minimum atomic E-state index is -0.622. The second-order valence-corrected chi connectivity index (χ2v) is 2.67. The minimum Gasteiger partial charge on any atom is -0.331 e. The second-order valence-electron chi connectivity index (χ2n) is 2.67. The maximum Gasteiger partial charge on any atom is 0.251 e. The zero-order chi connectivity index (χ0) is 7.61. The van der Waals surface area contributed by atoms with Crippen molar-refractivity contribution in [2.45, 2.75) is 19.4 Å². The van der Waals surface area contributed by atoms with Crippen molar-refractivity contribution in [2.24, 2.45) is 4.99 Å². The lowest BCUT2D eigenvalue weighted by molar-refractivity contribution is -0.124. The Kier molecular flexibility index (Phi) is 1.57. The lowest BCUT2D eigenvalue weighted by Gasteiger charge is -2.14. The fourth-order valence-electron chi connectivity index (χ4n) is 0.631. The standard InChI is InChI=1S/C7H10N2O/c1-7(2)6(10)8-4-3-5-9-7/h3-5H,1-2H3,(H,8,10). The summed E-state index contributed by atoms with van der Waals surface area (Å²) < 4.78 is 0. The molecule has 0 radical (unpaired) electrons. The first kappa shape index (κ1) is 6.99. The molecule has 1 N–H and O–H groups in total. The lowest BCUT2D eigenvalue weighted by Crippen LogP contribution is -2.37. The average Bonchev–Trinajstić information content (AvgIpc) is 1.96. The number of allylic oxidation sites excluding steroid dienone is 1. The largest absolute Gasteiger partial charge is 0.331 e. The quantitative estimate of drug-likeness (QED) is 0.519. The van der Waals surface area contributed by atoms with Crippen LogP contribution in [-0.2, 0) is 4.79 Å². The molecule has 0 unspecified atom stereocenters. The maximum atomic E-state index is 11.1. The molecule has 0 atom stereocenters. The van der Waals surface area contributed by atoms with Gasteiger partial charge in [-0.05, 0) is 19.9 Å². The van der Waals surface area contributed by atoms with Crippen LogP contribution in [0.4, 0.5) is 0 Å². The van der Waals surface area contributed by atoms with Gasteiger partial charge in [0.15, 0.2) is 0 Å². The smallest absolute Gasteiger partial charge is 0.251 e. The number of nitrogens with zero attached hydrogens (tertiary/aromatic N) is 1. The Bertz CT molecular complexity index is 204. The van der Waals surface area contributed by atoms with Gasteiger partial charge in [0.05, 0.1) is 0 Å². The molecule has 3 nitrogen and oxygen atoms in total. The zero-order valence-electron chi connectivity index (χ0n) is 6.09. The van der Waals surface area contributed by atoms with Crippen LogP contribution in [0.15, 0.2) is 17.3 Å². The molecular formula is C7H10N2O. The summed E-state index contributed by atoms with van der Waals surface area (Å²) in [5.74, 6) is -0.0718. The first-order valence-electron chi connectivity index (χ1n) is 3.14. The molecule has 1 heterocycles. The molecule has 1 rings (SSSR count). The summed E-state index contributed by atoms with van der Waals surface area (Å²) in [6.45, 7) is 3.54. The van der Waals surface area contributed by atoms with Gasteiger partial charge in [0.1, 0.15) is 5.54 Å². The van der Waals surface area contributed by atoms with E-state index < -0.39 is 5.54 Å². The molecule has 0 aromatic heterocycles. The molecule has 0 aromatic rings. The van der Waals surface area contributed by atoms with Crippen LogP contribution < -0.4 is 5.32 Å². The number of rotatable bonds is 0. The minimum absolute atomic E-state index is 0.0718. The summed E-state index contributed by atoms with van der Waals surface area (Å²) in [4.78, 5) is 15.1. The third kappa shape index (κ3) is 1.23. The van der Waals surface area contributed by atoms with Gasteiger partial charge in [-0.1, -0.05) is 0 Å². The Balaban J connectivity index is 2.87. The molecule has 0 saturated carbocycles. The van der Waals surface area contributed by atoms with Gasteiger partial charge < -0.3 is 5.32 Å². The Morgan fingerprint density at radius 2 is 2.30 bits per heavy atom. The second kappa shape index (κ2) is 2.25. The van der Waals surface area contributed by atoms with Crippen LogP contribution in [0.5, 0.6) is 0 Å². The van der Waals surface area contributed by atoms with E-state index in [2.05, 4.69) is 10.3 Å². The monoisotopic (exact) mass is 138 g/mol. The van der Waals surface area contributed by atoms with E-state index in [0.717, 1.165) is 0 Å². The van der Waals surface area contributed by atoms with Crippen LogP contribution in [0.3, 0.4) is 0 Å². The van der Waals surface area contributed by atoms with E-state index >= 15 is 0 Å². The van der Waals surface area contributed by atoms with Crippen molar-refractivity contribution >= 4 is 12.1 Å².